The summed E-state index contributed by atoms with van der Waals surface area (Å²) < 4.78 is 5.51. The van der Waals surface area contributed by atoms with Crippen molar-refractivity contribution >= 4 is 11.3 Å². The van der Waals surface area contributed by atoms with Crippen molar-refractivity contribution in [2.24, 2.45) is 0 Å². The minimum absolute atomic E-state index is 0.241. The summed E-state index contributed by atoms with van der Waals surface area (Å²) >= 11 is 1.70. The Morgan fingerprint density at radius 1 is 1.47 bits per heavy atom. The van der Waals surface area contributed by atoms with Crippen molar-refractivity contribution in [2.75, 3.05) is 20.6 Å². The predicted molar refractivity (Wildman–Crippen MR) is 78.4 cm³/mol. The van der Waals surface area contributed by atoms with Crippen LogP contribution in [0.1, 0.15) is 35.3 Å². The van der Waals surface area contributed by atoms with E-state index >= 15 is 0 Å². The highest BCUT2D eigenvalue weighted by molar-refractivity contribution is 7.09. The Hall–Kier alpha value is -1.17. The third-order valence-electron chi connectivity index (χ3n) is 3.29. The molecule has 2 atom stereocenters. The zero-order valence-electron chi connectivity index (χ0n) is 11.9. The lowest BCUT2D eigenvalue weighted by molar-refractivity contribution is 0.245. The van der Waals surface area contributed by atoms with Gasteiger partial charge >= 0.3 is 0 Å². The van der Waals surface area contributed by atoms with Crippen LogP contribution in [0.5, 0.6) is 0 Å². The van der Waals surface area contributed by atoms with Crippen LogP contribution in [0.4, 0.5) is 0 Å². The van der Waals surface area contributed by atoms with E-state index in [0.29, 0.717) is 6.04 Å². The Morgan fingerprint density at radius 2 is 2.26 bits per heavy atom. The lowest BCUT2D eigenvalue weighted by Gasteiger charge is -2.24. The summed E-state index contributed by atoms with van der Waals surface area (Å²) in [4.78, 5) is 7.77. The van der Waals surface area contributed by atoms with Crippen LogP contribution in [0.15, 0.2) is 28.3 Å². The molecule has 2 aromatic rings. The Balaban J connectivity index is 1.98. The van der Waals surface area contributed by atoms with Gasteiger partial charge in [0.05, 0.1) is 23.5 Å². The molecule has 4 nitrogen and oxygen atoms in total. The van der Waals surface area contributed by atoms with Crippen molar-refractivity contribution in [2.45, 2.75) is 25.9 Å². The molecular weight excluding hydrogens is 258 g/mol. The van der Waals surface area contributed by atoms with Crippen molar-refractivity contribution in [3.8, 4) is 0 Å². The molecule has 1 N–H and O–H groups in total. The molecule has 2 heterocycles. The summed E-state index contributed by atoms with van der Waals surface area (Å²) in [6.45, 7) is 5.08. The van der Waals surface area contributed by atoms with Gasteiger partial charge < -0.3 is 9.73 Å². The predicted octanol–water partition coefficient (Wildman–Crippen LogP) is 3.00. The molecule has 5 heteroatoms. The molecular formula is C14H21N3OS. The number of thiazole rings is 1. The molecule has 0 saturated heterocycles. The Labute approximate surface area is 118 Å². The van der Waals surface area contributed by atoms with Crippen LogP contribution < -0.4 is 5.32 Å². The van der Waals surface area contributed by atoms with E-state index in [-0.39, 0.29) is 6.04 Å². The van der Waals surface area contributed by atoms with Crippen LogP contribution in [0.2, 0.25) is 0 Å². The van der Waals surface area contributed by atoms with Gasteiger partial charge in [0, 0.05) is 17.5 Å². The number of aromatic nitrogens is 1. The van der Waals surface area contributed by atoms with E-state index in [1.165, 1.54) is 4.88 Å². The Morgan fingerprint density at radius 3 is 2.79 bits per heavy atom. The summed E-state index contributed by atoms with van der Waals surface area (Å²) in [5.74, 6) is 0.991. The highest BCUT2D eigenvalue weighted by atomic mass is 32.1. The fourth-order valence-corrected chi connectivity index (χ4v) is 2.96. The Bertz CT molecular complexity index is 493. The van der Waals surface area contributed by atoms with Gasteiger partial charge in [-0.25, -0.2) is 4.98 Å². The van der Waals surface area contributed by atoms with Crippen LogP contribution >= 0.6 is 11.3 Å². The molecule has 0 amide bonds. The van der Waals surface area contributed by atoms with E-state index in [2.05, 4.69) is 43.1 Å². The van der Waals surface area contributed by atoms with Crippen molar-refractivity contribution in [3.05, 3.63) is 40.2 Å². The van der Waals surface area contributed by atoms with Gasteiger partial charge in [-0.3, -0.25) is 4.90 Å². The topological polar surface area (TPSA) is 41.3 Å². The third-order valence-corrected chi connectivity index (χ3v) is 4.40. The summed E-state index contributed by atoms with van der Waals surface area (Å²) in [5, 5.41) is 3.56. The molecule has 2 aromatic heterocycles. The average molecular weight is 279 g/mol. The van der Waals surface area contributed by atoms with E-state index in [4.69, 9.17) is 4.42 Å². The normalized spacial score (nSPS) is 14.8. The first-order chi connectivity index (χ1) is 9.09. The van der Waals surface area contributed by atoms with Crippen molar-refractivity contribution in [3.63, 3.8) is 0 Å². The number of hydrogen-bond acceptors (Lipinski definition) is 5. The van der Waals surface area contributed by atoms with E-state index in [0.717, 1.165) is 18.0 Å². The zero-order chi connectivity index (χ0) is 13.8. The van der Waals surface area contributed by atoms with Crippen LogP contribution in [0.3, 0.4) is 0 Å². The number of aryl methyl sites for hydroxylation is 1. The van der Waals surface area contributed by atoms with Crippen molar-refractivity contribution in [1.82, 2.24) is 15.2 Å². The maximum absolute atomic E-state index is 5.51. The van der Waals surface area contributed by atoms with Gasteiger partial charge in [-0.2, -0.15) is 0 Å². The molecule has 2 rings (SSSR count). The molecule has 19 heavy (non-hydrogen) atoms. The number of likely N-dealkylation sites (N-methyl/N-ethyl adjacent to an activating group) is 1. The van der Waals surface area contributed by atoms with E-state index < -0.39 is 0 Å². The second-order valence-electron chi connectivity index (χ2n) is 4.93. The molecule has 2 unspecified atom stereocenters. The maximum Gasteiger partial charge on any atom is 0.122 e. The second kappa shape index (κ2) is 6.32. The molecule has 0 radical (unpaired) electrons. The number of hydrogen-bond donors (Lipinski definition) is 1. The van der Waals surface area contributed by atoms with E-state index in [9.17, 15) is 0 Å². The minimum atomic E-state index is 0.241. The number of nitrogens with one attached hydrogen (secondary N) is 1. The van der Waals surface area contributed by atoms with Crippen LogP contribution in [0.25, 0.3) is 0 Å². The number of nitrogens with zero attached hydrogens (tertiary/aromatic N) is 2. The van der Waals surface area contributed by atoms with Crippen LogP contribution in [0, 0.1) is 6.92 Å². The number of furan rings is 1. The third kappa shape index (κ3) is 3.43. The molecule has 0 aromatic carbocycles. The summed E-state index contributed by atoms with van der Waals surface area (Å²) in [7, 11) is 4.13. The van der Waals surface area contributed by atoms with Gasteiger partial charge in [0.15, 0.2) is 0 Å². The van der Waals surface area contributed by atoms with Gasteiger partial charge in [-0.05, 0) is 40.1 Å². The monoisotopic (exact) mass is 279 g/mol. The minimum Gasteiger partial charge on any atom is -0.468 e. The first-order valence-electron chi connectivity index (χ1n) is 6.42. The molecule has 0 aliphatic heterocycles. The van der Waals surface area contributed by atoms with Gasteiger partial charge in [-0.1, -0.05) is 0 Å². The average Bonchev–Trinajstić information content (AvgIpc) is 3.00. The van der Waals surface area contributed by atoms with Gasteiger partial charge in [0.2, 0.25) is 0 Å². The van der Waals surface area contributed by atoms with Gasteiger partial charge in [0.1, 0.15) is 5.76 Å². The van der Waals surface area contributed by atoms with Gasteiger partial charge in [-0.15, -0.1) is 11.3 Å². The highest BCUT2D eigenvalue weighted by Crippen LogP contribution is 2.23. The van der Waals surface area contributed by atoms with E-state index in [1.54, 1.807) is 17.6 Å². The van der Waals surface area contributed by atoms with Crippen molar-refractivity contribution < 1.29 is 4.42 Å². The first kappa shape index (κ1) is 14.2. The zero-order valence-corrected chi connectivity index (χ0v) is 12.7. The summed E-state index contributed by atoms with van der Waals surface area (Å²) in [5.41, 5.74) is 3.02. The second-order valence-corrected chi connectivity index (χ2v) is 5.81. The molecule has 104 valence electrons. The first-order valence-corrected chi connectivity index (χ1v) is 7.30. The quantitative estimate of drug-likeness (QED) is 0.882. The highest BCUT2D eigenvalue weighted by Gasteiger charge is 2.19. The SMILES string of the molecule is Cc1ncsc1C(C)NCC(c1ccco1)N(C)C. The van der Waals surface area contributed by atoms with Crippen LogP contribution in [-0.2, 0) is 0 Å². The lowest BCUT2D eigenvalue weighted by atomic mass is 10.1. The van der Waals surface area contributed by atoms with E-state index in [1.807, 2.05) is 17.6 Å². The smallest absolute Gasteiger partial charge is 0.122 e. The lowest BCUT2D eigenvalue weighted by Crippen LogP contribution is -2.32. The number of rotatable bonds is 6. The van der Waals surface area contributed by atoms with Crippen molar-refractivity contribution in [1.29, 1.82) is 0 Å². The Kier molecular flexibility index (Phi) is 4.74. The largest absolute Gasteiger partial charge is 0.468 e. The molecule has 0 saturated carbocycles. The summed E-state index contributed by atoms with van der Waals surface area (Å²) in [6.07, 6.45) is 1.72. The fourth-order valence-electron chi connectivity index (χ4n) is 2.13. The van der Waals surface area contributed by atoms with Crippen LogP contribution in [-0.4, -0.2) is 30.5 Å². The molecule has 0 fully saturated rings. The maximum atomic E-state index is 5.51. The standard InChI is InChI=1S/C14H21N3OS/c1-10(14-11(2)16-9-19-14)15-8-12(17(3)4)13-6-5-7-18-13/h5-7,9-10,12,15H,8H2,1-4H3. The molecule has 0 spiro atoms. The molecule has 0 aliphatic rings. The summed E-state index contributed by atoms with van der Waals surface area (Å²) in [6, 6.07) is 4.51. The molecule has 0 bridgehead atoms. The molecule has 0 aliphatic carbocycles. The fraction of sp³-hybridized carbons (Fsp3) is 0.500. The van der Waals surface area contributed by atoms with Gasteiger partial charge in [0.25, 0.3) is 0 Å².